The third-order valence-electron chi connectivity index (χ3n) is 4.31. The molecule has 1 aliphatic heterocycles. The molecule has 2 heterocycles. The molecule has 1 aromatic carbocycles. The van der Waals surface area contributed by atoms with Gasteiger partial charge in [-0.2, -0.15) is 0 Å². The van der Waals surface area contributed by atoms with E-state index in [9.17, 15) is 9.18 Å². The van der Waals surface area contributed by atoms with Gasteiger partial charge in [0.25, 0.3) is 5.91 Å². The normalized spacial score (nSPS) is 15.2. The Balaban J connectivity index is 1.55. The monoisotopic (exact) mass is 343 g/mol. The van der Waals surface area contributed by atoms with Gasteiger partial charge in [0, 0.05) is 38.8 Å². The number of piperazine rings is 1. The van der Waals surface area contributed by atoms with Gasteiger partial charge < -0.3 is 15.1 Å². The minimum atomic E-state index is -0.237. The van der Waals surface area contributed by atoms with Gasteiger partial charge in [-0.3, -0.25) is 4.79 Å². The molecule has 0 saturated carbocycles. The fourth-order valence-electron chi connectivity index (χ4n) is 2.73. The van der Waals surface area contributed by atoms with E-state index in [1.54, 1.807) is 18.2 Å². The van der Waals surface area contributed by atoms with Crippen molar-refractivity contribution in [1.82, 2.24) is 19.8 Å². The Morgan fingerprint density at radius 1 is 1.16 bits per heavy atom. The summed E-state index contributed by atoms with van der Waals surface area (Å²) in [6.07, 6.45) is 2.15. The molecule has 0 unspecified atom stereocenters. The van der Waals surface area contributed by atoms with Crippen LogP contribution in [0.25, 0.3) is 0 Å². The molecule has 0 atom stereocenters. The Kier molecular flexibility index (Phi) is 5.55. The molecule has 1 saturated heterocycles. The maximum absolute atomic E-state index is 12.9. The molecule has 1 N–H and O–H groups in total. The van der Waals surface area contributed by atoms with E-state index in [0.717, 1.165) is 25.1 Å². The summed E-state index contributed by atoms with van der Waals surface area (Å²) in [4.78, 5) is 24.8. The maximum Gasteiger partial charge on any atom is 0.272 e. The van der Waals surface area contributed by atoms with Crippen LogP contribution < -0.4 is 5.32 Å². The highest BCUT2D eigenvalue weighted by Gasteiger charge is 2.21. The van der Waals surface area contributed by atoms with E-state index in [2.05, 4.69) is 27.2 Å². The number of aromatic nitrogens is 2. The van der Waals surface area contributed by atoms with E-state index in [1.165, 1.54) is 18.5 Å². The van der Waals surface area contributed by atoms with Crippen LogP contribution in [0.2, 0.25) is 0 Å². The third kappa shape index (κ3) is 4.73. The summed E-state index contributed by atoms with van der Waals surface area (Å²) in [5.74, 6) is 0.325. The highest BCUT2D eigenvalue weighted by atomic mass is 19.1. The van der Waals surface area contributed by atoms with Crippen molar-refractivity contribution < 1.29 is 9.18 Å². The van der Waals surface area contributed by atoms with Crippen LogP contribution in [-0.4, -0.2) is 65.4 Å². The van der Waals surface area contributed by atoms with Crippen LogP contribution in [0, 0.1) is 5.82 Å². The molecule has 132 valence electrons. The number of amides is 1. The molecular formula is C18H22FN5O. The van der Waals surface area contributed by atoms with Crippen molar-refractivity contribution in [2.24, 2.45) is 0 Å². The second-order valence-electron chi connectivity index (χ2n) is 6.19. The molecular weight excluding hydrogens is 321 g/mol. The van der Waals surface area contributed by atoms with Crippen molar-refractivity contribution in [2.45, 2.75) is 6.42 Å². The van der Waals surface area contributed by atoms with Gasteiger partial charge in [0.1, 0.15) is 23.7 Å². The van der Waals surface area contributed by atoms with Crippen molar-refractivity contribution in [3.8, 4) is 0 Å². The van der Waals surface area contributed by atoms with E-state index < -0.39 is 0 Å². The lowest BCUT2D eigenvalue weighted by Gasteiger charge is -2.32. The molecule has 3 rings (SSSR count). The predicted molar refractivity (Wildman–Crippen MR) is 94.0 cm³/mol. The Morgan fingerprint density at radius 2 is 1.88 bits per heavy atom. The van der Waals surface area contributed by atoms with Crippen molar-refractivity contribution in [2.75, 3.05) is 45.1 Å². The standard InChI is InChI=1S/C18H22FN5O/c1-23-8-10-24(11-9-23)18(25)16-12-17(22-13-21-16)20-7-6-14-2-4-15(19)5-3-14/h2-5,12-13H,6-11H2,1H3,(H,20,21,22). The van der Waals surface area contributed by atoms with Crippen LogP contribution >= 0.6 is 0 Å². The fourth-order valence-corrected chi connectivity index (χ4v) is 2.73. The molecule has 0 radical (unpaired) electrons. The van der Waals surface area contributed by atoms with Crippen LogP contribution in [0.15, 0.2) is 36.7 Å². The van der Waals surface area contributed by atoms with Gasteiger partial charge in [-0.1, -0.05) is 12.1 Å². The highest BCUT2D eigenvalue weighted by Crippen LogP contribution is 2.10. The Hall–Kier alpha value is -2.54. The first-order valence-electron chi connectivity index (χ1n) is 8.40. The summed E-state index contributed by atoms with van der Waals surface area (Å²) in [6, 6.07) is 8.11. The zero-order valence-corrected chi connectivity index (χ0v) is 14.3. The van der Waals surface area contributed by atoms with Crippen LogP contribution in [0.5, 0.6) is 0 Å². The Morgan fingerprint density at radius 3 is 2.60 bits per heavy atom. The van der Waals surface area contributed by atoms with Gasteiger partial charge in [-0.15, -0.1) is 0 Å². The number of carbonyl (C=O) groups is 1. The summed E-state index contributed by atoms with van der Waals surface area (Å²) in [6.45, 7) is 3.82. The van der Waals surface area contributed by atoms with E-state index in [1.807, 2.05) is 4.90 Å². The van der Waals surface area contributed by atoms with E-state index in [-0.39, 0.29) is 11.7 Å². The third-order valence-corrected chi connectivity index (χ3v) is 4.31. The van der Waals surface area contributed by atoms with Gasteiger partial charge in [0.15, 0.2) is 0 Å². The number of nitrogens with zero attached hydrogens (tertiary/aromatic N) is 4. The van der Waals surface area contributed by atoms with Gasteiger partial charge in [0.2, 0.25) is 0 Å². The van der Waals surface area contributed by atoms with E-state index in [0.29, 0.717) is 31.1 Å². The average Bonchev–Trinajstić information content (AvgIpc) is 2.64. The lowest BCUT2D eigenvalue weighted by Crippen LogP contribution is -2.47. The fraction of sp³-hybridized carbons (Fsp3) is 0.389. The predicted octanol–water partition coefficient (Wildman–Crippen LogP) is 1.66. The molecule has 7 heteroatoms. The second-order valence-corrected chi connectivity index (χ2v) is 6.19. The van der Waals surface area contributed by atoms with Crippen molar-refractivity contribution in [3.63, 3.8) is 0 Å². The number of carbonyl (C=O) groups excluding carboxylic acids is 1. The second kappa shape index (κ2) is 8.02. The Labute approximate surface area is 146 Å². The minimum Gasteiger partial charge on any atom is -0.370 e. The van der Waals surface area contributed by atoms with Crippen LogP contribution in [0.1, 0.15) is 16.1 Å². The van der Waals surface area contributed by atoms with Crippen molar-refractivity contribution >= 4 is 11.7 Å². The summed E-state index contributed by atoms with van der Waals surface area (Å²) in [7, 11) is 2.05. The molecule has 1 fully saturated rings. The number of benzene rings is 1. The summed E-state index contributed by atoms with van der Waals surface area (Å²) in [5, 5.41) is 3.19. The quantitative estimate of drug-likeness (QED) is 0.895. The number of halogens is 1. The number of hydrogen-bond acceptors (Lipinski definition) is 5. The number of nitrogens with one attached hydrogen (secondary N) is 1. The van der Waals surface area contributed by atoms with Crippen LogP contribution in [0.4, 0.5) is 10.2 Å². The molecule has 1 aromatic heterocycles. The van der Waals surface area contributed by atoms with E-state index in [4.69, 9.17) is 0 Å². The molecule has 1 aliphatic rings. The number of anilines is 1. The average molecular weight is 343 g/mol. The lowest BCUT2D eigenvalue weighted by molar-refractivity contribution is 0.0658. The first kappa shape index (κ1) is 17.3. The zero-order chi connectivity index (χ0) is 17.6. The van der Waals surface area contributed by atoms with Crippen molar-refractivity contribution in [3.05, 3.63) is 53.7 Å². The first-order chi connectivity index (χ1) is 12.1. The molecule has 0 spiro atoms. The van der Waals surface area contributed by atoms with Crippen LogP contribution in [0.3, 0.4) is 0 Å². The lowest BCUT2D eigenvalue weighted by atomic mass is 10.1. The first-order valence-corrected chi connectivity index (χ1v) is 8.40. The SMILES string of the molecule is CN1CCN(C(=O)c2cc(NCCc3ccc(F)cc3)ncn2)CC1. The minimum absolute atomic E-state index is 0.0583. The molecule has 0 bridgehead atoms. The largest absolute Gasteiger partial charge is 0.370 e. The number of likely N-dealkylation sites (N-methyl/N-ethyl adjacent to an activating group) is 1. The molecule has 0 aliphatic carbocycles. The summed E-state index contributed by atoms with van der Waals surface area (Å²) in [5.41, 5.74) is 1.44. The molecule has 1 amide bonds. The molecule has 6 nitrogen and oxygen atoms in total. The zero-order valence-electron chi connectivity index (χ0n) is 14.3. The van der Waals surface area contributed by atoms with Gasteiger partial charge in [-0.05, 0) is 31.2 Å². The van der Waals surface area contributed by atoms with Gasteiger partial charge >= 0.3 is 0 Å². The maximum atomic E-state index is 12.9. The van der Waals surface area contributed by atoms with Crippen LogP contribution in [-0.2, 0) is 6.42 Å². The summed E-state index contributed by atoms with van der Waals surface area (Å²) < 4.78 is 12.9. The smallest absolute Gasteiger partial charge is 0.272 e. The van der Waals surface area contributed by atoms with E-state index >= 15 is 0 Å². The van der Waals surface area contributed by atoms with Crippen molar-refractivity contribution in [1.29, 1.82) is 0 Å². The number of hydrogen-bond donors (Lipinski definition) is 1. The molecule has 25 heavy (non-hydrogen) atoms. The van der Waals surface area contributed by atoms with Gasteiger partial charge in [0.05, 0.1) is 0 Å². The topological polar surface area (TPSA) is 61.4 Å². The Bertz CT molecular complexity index is 714. The van der Waals surface area contributed by atoms with Gasteiger partial charge in [-0.25, -0.2) is 14.4 Å². The number of rotatable bonds is 5. The summed E-state index contributed by atoms with van der Waals surface area (Å²) >= 11 is 0. The molecule has 2 aromatic rings. The highest BCUT2D eigenvalue weighted by molar-refractivity contribution is 5.93.